The summed E-state index contributed by atoms with van der Waals surface area (Å²) in [4.78, 5) is 0. The van der Waals surface area contributed by atoms with Gasteiger partial charge in [-0.2, -0.15) is 0 Å². The molecule has 0 bridgehead atoms. The van der Waals surface area contributed by atoms with Gasteiger partial charge in [-0.25, -0.2) is 4.39 Å². The van der Waals surface area contributed by atoms with Crippen LogP contribution in [0.2, 0.25) is 0 Å². The van der Waals surface area contributed by atoms with Crippen molar-refractivity contribution in [3.8, 4) is 0 Å². The lowest BCUT2D eigenvalue weighted by molar-refractivity contribution is 0.0724. The summed E-state index contributed by atoms with van der Waals surface area (Å²) in [6.45, 7) is 4.76. The van der Waals surface area contributed by atoms with Gasteiger partial charge in [0.1, 0.15) is 5.82 Å². The van der Waals surface area contributed by atoms with E-state index in [1.165, 1.54) is 12.1 Å². The monoisotopic (exact) mass is 223 g/mol. The van der Waals surface area contributed by atoms with Crippen molar-refractivity contribution in [2.75, 3.05) is 6.61 Å². The van der Waals surface area contributed by atoms with Gasteiger partial charge in [-0.1, -0.05) is 13.0 Å². The largest absolute Gasteiger partial charge is 0.376 e. The zero-order valence-corrected chi connectivity index (χ0v) is 9.74. The first-order valence-corrected chi connectivity index (χ1v) is 5.72. The Morgan fingerprint density at radius 3 is 2.75 bits per heavy atom. The van der Waals surface area contributed by atoms with Crippen molar-refractivity contribution in [2.24, 2.45) is 11.7 Å². The highest BCUT2D eigenvalue weighted by atomic mass is 19.1. The third-order valence-electron chi connectivity index (χ3n) is 3.25. The zero-order chi connectivity index (χ0) is 11.7. The minimum absolute atomic E-state index is 0.0150. The fraction of sp³-hybridized carbons (Fsp3) is 0.538. The summed E-state index contributed by atoms with van der Waals surface area (Å²) in [5.74, 6) is 0.217. The van der Waals surface area contributed by atoms with Gasteiger partial charge < -0.3 is 10.5 Å². The molecule has 0 radical (unpaired) electrons. The van der Waals surface area contributed by atoms with Gasteiger partial charge in [0.2, 0.25) is 0 Å². The molecule has 1 saturated heterocycles. The molecule has 0 amide bonds. The lowest BCUT2D eigenvalue weighted by atomic mass is 9.92. The molecule has 1 aliphatic rings. The van der Waals surface area contributed by atoms with Crippen LogP contribution < -0.4 is 5.73 Å². The summed E-state index contributed by atoms with van der Waals surface area (Å²) in [5.41, 5.74) is 7.87. The molecule has 16 heavy (non-hydrogen) atoms. The molecule has 1 aliphatic heterocycles. The molecule has 0 aliphatic carbocycles. The summed E-state index contributed by atoms with van der Waals surface area (Å²) in [5, 5.41) is 0. The molecular weight excluding hydrogens is 205 g/mol. The number of rotatable bonds is 2. The van der Waals surface area contributed by atoms with Crippen molar-refractivity contribution in [3.63, 3.8) is 0 Å². The predicted octanol–water partition coefficient (Wildman–Crippen LogP) is 2.56. The van der Waals surface area contributed by atoms with Crippen LogP contribution in [0.5, 0.6) is 0 Å². The number of hydrogen-bond donors (Lipinski definition) is 1. The van der Waals surface area contributed by atoms with E-state index >= 15 is 0 Å². The summed E-state index contributed by atoms with van der Waals surface area (Å²) in [6, 6.07) is 4.72. The van der Waals surface area contributed by atoms with Crippen molar-refractivity contribution in [1.82, 2.24) is 0 Å². The van der Waals surface area contributed by atoms with E-state index in [2.05, 4.69) is 6.92 Å². The average Bonchev–Trinajstić information content (AvgIpc) is 2.62. The minimum Gasteiger partial charge on any atom is -0.376 e. The van der Waals surface area contributed by atoms with Crippen molar-refractivity contribution >= 4 is 0 Å². The Kier molecular flexibility index (Phi) is 3.26. The normalized spacial score (nSPS) is 27.0. The smallest absolute Gasteiger partial charge is 0.123 e. The second-order valence-electron chi connectivity index (χ2n) is 4.69. The van der Waals surface area contributed by atoms with Crippen molar-refractivity contribution in [1.29, 1.82) is 0 Å². The van der Waals surface area contributed by atoms with E-state index in [1.807, 2.05) is 13.0 Å². The van der Waals surface area contributed by atoms with Crippen LogP contribution in [0.1, 0.15) is 30.5 Å². The molecule has 2 N–H and O–H groups in total. The minimum atomic E-state index is -0.230. The van der Waals surface area contributed by atoms with Crippen LogP contribution in [0.3, 0.4) is 0 Å². The summed E-state index contributed by atoms with van der Waals surface area (Å²) >= 11 is 0. The second-order valence-corrected chi connectivity index (χ2v) is 4.69. The highest BCUT2D eigenvalue weighted by molar-refractivity contribution is 5.27. The molecular formula is C13H18FNO. The molecule has 88 valence electrons. The number of aryl methyl sites for hydroxylation is 1. The molecule has 2 rings (SSSR count). The third kappa shape index (κ3) is 2.25. The van der Waals surface area contributed by atoms with Gasteiger partial charge in [-0.15, -0.1) is 0 Å². The van der Waals surface area contributed by atoms with Gasteiger partial charge in [0.25, 0.3) is 0 Å². The lowest BCUT2D eigenvalue weighted by Crippen LogP contribution is -2.30. The molecule has 3 atom stereocenters. The highest BCUT2D eigenvalue weighted by Gasteiger charge is 2.30. The number of ether oxygens (including phenoxy) is 1. The van der Waals surface area contributed by atoms with Crippen LogP contribution >= 0.6 is 0 Å². The molecule has 0 saturated carbocycles. The molecule has 1 aromatic rings. The van der Waals surface area contributed by atoms with Gasteiger partial charge >= 0.3 is 0 Å². The average molecular weight is 223 g/mol. The van der Waals surface area contributed by atoms with Crippen LogP contribution in [0.15, 0.2) is 18.2 Å². The molecule has 0 spiro atoms. The van der Waals surface area contributed by atoms with E-state index < -0.39 is 0 Å². The van der Waals surface area contributed by atoms with Gasteiger partial charge in [-0.05, 0) is 42.5 Å². The fourth-order valence-corrected chi connectivity index (χ4v) is 2.32. The molecule has 3 unspecified atom stereocenters. The van der Waals surface area contributed by atoms with E-state index in [0.717, 1.165) is 24.2 Å². The topological polar surface area (TPSA) is 35.2 Å². The Morgan fingerprint density at radius 1 is 1.44 bits per heavy atom. The third-order valence-corrected chi connectivity index (χ3v) is 3.25. The maximum absolute atomic E-state index is 13.3. The predicted molar refractivity (Wildman–Crippen MR) is 61.6 cm³/mol. The van der Waals surface area contributed by atoms with E-state index in [0.29, 0.717) is 5.92 Å². The zero-order valence-electron chi connectivity index (χ0n) is 9.74. The Labute approximate surface area is 95.6 Å². The molecule has 3 heteroatoms. The summed E-state index contributed by atoms with van der Waals surface area (Å²) < 4.78 is 18.9. The molecule has 2 nitrogen and oxygen atoms in total. The van der Waals surface area contributed by atoms with Crippen LogP contribution in [-0.4, -0.2) is 12.7 Å². The molecule has 1 fully saturated rings. The van der Waals surface area contributed by atoms with E-state index in [9.17, 15) is 4.39 Å². The van der Waals surface area contributed by atoms with Crippen molar-refractivity contribution < 1.29 is 9.13 Å². The molecule has 1 heterocycles. The first-order chi connectivity index (χ1) is 7.58. The van der Waals surface area contributed by atoms with E-state index in [4.69, 9.17) is 10.5 Å². The maximum atomic E-state index is 13.3. The number of hydrogen-bond acceptors (Lipinski definition) is 2. The Morgan fingerprint density at radius 2 is 2.19 bits per heavy atom. The van der Waals surface area contributed by atoms with Gasteiger partial charge in [0.05, 0.1) is 12.1 Å². The van der Waals surface area contributed by atoms with Crippen LogP contribution in [-0.2, 0) is 4.74 Å². The van der Waals surface area contributed by atoms with E-state index in [1.54, 1.807) is 0 Å². The Bertz CT molecular complexity index is 360. The number of halogens is 1. The van der Waals surface area contributed by atoms with Crippen molar-refractivity contribution in [3.05, 3.63) is 35.1 Å². The highest BCUT2D eigenvalue weighted by Crippen LogP contribution is 2.30. The lowest BCUT2D eigenvalue weighted by Gasteiger charge is -2.23. The quantitative estimate of drug-likeness (QED) is 0.836. The number of nitrogens with two attached hydrogens (primary N) is 1. The Hall–Kier alpha value is -0.930. The van der Waals surface area contributed by atoms with Gasteiger partial charge in [0, 0.05) is 6.61 Å². The summed E-state index contributed by atoms with van der Waals surface area (Å²) in [6.07, 6.45) is 1.05. The first kappa shape index (κ1) is 11.6. The van der Waals surface area contributed by atoms with Crippen LogP contribution in [0, 0.1) is 18.7 Å². The van der Waals surface area contributed by atoms with E-state index in [-0.39, 0.29) is 18.0 Å². The summed E-state index contributed by atoms with van der Waals surface area (Å²) in [7, 11) is 0. The number of benzene rings is 1. The van der Waals surface area contributed by atoms with Crippen molar-refractivity contribution in [2.45, 2.75) is 32.4 Å². The maximum Gasteiger partial charge on any atom is 0.123 e. The first-order valence-electron chi connectivity index (χ1n) is 5.72. The van der Waals surface area contributed by atoms with Crippen LogP contribution in [0.25, 0.3) is 0 Å². The SMILES string of the molecule is Cc1cc(F)cc(C(N)C2OCCC2C)c1. The van der Waals surface area contributed by atoms with Gasteiger partial charge in [-0.3, -0.25) is 0 Å². The standard InChI is InChI=1S/C13H18FNO/c1-8-5-10(7-11(14)6-8)12(15)13-9(2)3-4-16-13/h5-7,9,12-13H,3-4,15H2,1-2H3. The Balaban J connectivity index is 2.22. The van der Waals surface area contributed by atoms with Crippen LogP contribution in [0.4, 0.5) is 4.39 Å². The van der Waals surface area contributed by atoms with Gasteiger partial charge in [0.15, 0.2) is 0 Å². The fourth-order valence-electron chi connectivity index (χ4n) is 2.32. The second kappa shape index (κ2) is 4.52. The molecule has 0 aromatic heterocycles. The molecule has 1 aromatic carbocycles.